The topological polar surface area (TPSA) is 64.3 Å². The Bertz CT molecular complexity index is 789. The lowest BCUT2D eigenvalue weighted by atomic mass is 10.1. The summed E-state index contributed by atoms with van der Waals surface area (Å²) in [5.74, 6) is 1.75. The first-order chi connectivity index (χ1) is 14.9. The van der Waals surface area contributed by atoms with Crippen molar-refractivity contribution < 1.29 is 4.74 Å². The zero-order chi connectivity index (χ0) is 22.9. The molecule has 3 rings (SSSR count). The molecule has 1 saturated heterocycles. The lowest BCUT2D eigenvalue weighted by Crippen LogP contribution is -2.37. The molecule has 0 spiro atoms. The Balaban J connectivity index is 0.00000166. The minimum Gasteiger partial charge on any atom is -0.399 e. The van der Waals surface area contributed by atoms with Gasteiger partial charge in [0, 0.05) is 35.7 Å². The first-order valence-corrected chi connectivity index (χ1v) is 12.5. The molecule has 172 valence electrons. The Labute approximate surface area is 193 Å². The van der Waals surface area contributed by atoms with Crippen LogP contribution in [0.5, 0.6) is 0 Å². The molecule has 1 unspecified atom stereocenters. The van der Waals surface area contributed by atoms with Crippen LogP contribution in [0.15, 0.2) is 30.3 Å². The molecule has 2 aromatic rings. The molecular formula is C25H40N4OS. The van der Waals surface area contributed by atoms with Crippen LogP contribution in [0.1, 0.15) is 66.5 Å². The van der Waals surface area contributed by atoms with E-state index in [4.69, 9.17) is 20.4 Å². The van der Waals surface area contributed by atoms with Gasteiger partial charge >= 0.3 is 0 Å². The molecule has 1 aliphatic heterocycles. The molecule has 0 radical (unpaired) electrons. The molecule has 1 aromatic carbocycles. The number of unbranched alkanes of at least 4 members (excludes halogenated alkanes) is 1. The van der Waals surface area contributed by atoms with Gasteiger partial charge in [0.05, 0.1) is 23.7 Å². The molecular weight excluding hydrogens is 404 g/mol. The summed E-state index contributed by atoms with van der Waals surface area (Å²) in [5.41, 5.74) is 8.70. The number of nitrogens with two attached hydrogens (primary N) is 1. The van der Waals surface area contributed by atoms with E-state index >= 15 is 0 Å². The highest BCUT2D eigenvalue weighted by atomic mass is 32.2. The predicted molar refractivity (Wildman–Crippen MR) is 136 cm³/mol. The molecule has 0 aliphatic carbocycles. The van der Waals surface area contributed by atoms with Gasteiger partial charge in [-0.2, -0.15) is 0 Å². The summed E-state index contributed by atoms with van der Waals surface area (Å²) >= 11 is 2.00. The van der Waals surface area contributed by atoms with Crippen LogP contribution in [0.25, 0.3) is 11.4 Å². The molecule has 0 amide bonds. The smallest absolute Gasteiger partial charge is 0.161 e. The minimum atomic E-state index is -0.0975. The number of aromatic nitrogens is 2. The molecule has 31 heavy (non-hydrogen) atoms. The van der Waals surface area contributed by atoms with E-state index < -0.39 is 0 Å². The van der Waals surface area contributed by atoms with Crippen LogP contribution in [-0.2, 0) is 9.48 Å². The van der Waals surface area contributed by atoms with Crippen LogP contribution in [0, 0.1) is 0 Å². The fourth-order valence-electron chi connectivity index (χ4n) is 3.57. The molecule has 1 aromatic heterocycles. The third-order valence-corrected chi connectivity index (χ3v) is 6.73. The maximum atomic E-state index is 5.88. The van der Waals surface area contributed by atoms with Crippen molar-refractivity contribution in [1.29, 1.82) is 0 Å². The number of rotatable bonds is 8. The second kappa shape index (κ2) is 12.3. The van der Waals surface area contributed by atoms with Gasteiger partial charge in [0.2, 0.25) is 0 Å². The van der Waals surface area contributed by atoms with E-state index in [-0.39, 0.29) is 4.75 Å². The number of morpholine rings is 1. The Morgan fingerprint density at radius 2 is 1.77 bits per heavy atom. The van der Waals surface area contributed by atoms with Gasteiger partial charge in [0.25, 0.3) is 0 Å². The molecule has 2 N–H and O–H groups in total. The average Bonchev–Trinajstić information content (AvgIpc) is 2.79. The van der Waals surface area contributed by atoms with Crippen LogP contribution in [0.4, 0.5) is 11.5 Å². The molecule has 2 heterocycles. The monoisotopic (exact) mass is 444 g/mol. The van der Waals surface area contributed by atoms with Crippen LogP contribution in [0.2, 0.25) is 0 Å². The summed E-state index contributed by atoms with van der Waals surface area (Å²) in [7, 11) is 0. The van der Waals surface area contributed by atoms with Crippen molar-refractivity contribution in [2.75, 3.05) is 36.9 Å². The number of anilines is 2. The first-order valence-electron chi connectivity index (χ1n) is 11.6. The second-order valence-corrected chi connectivity index (χ2v) is 10.3. The van der Waals surface area contributed by atoms with Gasteiger partial charge in [-0.3, -0.25) is 0 Å². The largest absolute Gasteiger partial charge is 0.399 e. The maximum Gasteiger partial charge on any atom is 0.161 e. The zero-order valence-electron chi connectivity index (χ0n) is 20.1. The van der Waals surface area contributed by atoms with E-state index in [1.807, 2.05) is 49.9 Å². The molecule has 6 heteroatoms. The normalized spacial score (nSPS) is 15.2. The highest BCUT2D eigenvalue weighted by molar-refractivity contribution is 8.00. The van der Waals surface area contributed by atoms with E-state index in [0.29, 0.717) is 5.25 Å². The lowest BCUT2D eigenvalue weighted by Gasteiger charge is -2.31. The van der Waals surface area contributed by atoms with Crippen LogP contribution < -0.4 is 10.6 Å². The van der Waals surface area contributed by atoms with Gasteiger partial charge in [-0.1, -0.05) is 40.5 Å². The van der Waals surface area contributed by atoms with Crippen molar-refractivity contribution in [3.05, 3.63) is 36.0 Å². The van der Waals surface area contributed by atoms with E-state index in [9.17, 15) is 0 Å². The summed E-state index contributed by atoms with van der Waals surface area (Å²) in [4.78, 5) is 12.2. The van der Waals surface area contributed by atoms with Gasteiger partial charge in [-0.05, 0) is 44.5 Å². The zero-order valence-corrected chi connectivity index (χ0v) is 21.0. The third-order valence-electron chi connectivity index (χ3n) is 5.29. The van der Waals surface area contributed by atoms with Crippen molar-refractivity contribution in [2.24, 2.45) is 0 Å². The number of ether oxygens (including phenoxy) is 1. The third kappa shape index (κ3) is 7.39. The quantitative estimate of drug-likeness (QED) is 0.494. The summed E-state index contributed by atoms with van der Waals surface area (Å²) in [5, 5.41) is 0.590. The Morgan fingerprint density at radius 3 is 2.39 bits per heavy atom. The van der Waals surface area contributed by atoms with Crippen LogP contribution >= 0.6 is 11.8 Å². The number of hydrogen-bond donors (Lipinski definition) is 1. The van der Waals surface area contributed by atoms with Crippen molar-refractivity contribution in [3.8, 4) is 11.4 Å². The van der Waals surface area contributed by atoms with Gasteiger partial charge in [0.15, 0.2) is 5.82 Å². The van der Waals surface area contributed by atoms with Crippen LogP contribution in [-0.4, -0.2) is 41.5 Å². The minimum absolute atomic E-state index is 0.0975. The summed E-state index contributed by atoms with van der Waals surface area (Å²) in [6, 6.07) is 9.99. The number of nitrogens with zero attached hydrogens (tertiary/aromatic N) is 3. The predicted octanol–water partition coefficient (Wildman–Crippen LogP) is 6.14. The highest BCUT2D eigenvalue weighted by Gasteiger charge is 2.28. The average molecular weight is 445 g/mol. The summed E-state index contributed by atoms with van der Waals surface area (Å²) < 4.78 is 5.44. The number of nitrogen functional groups attached to an aromatic ring is 1. The van der Waals surface area contributed by atoms with Crippen molar-refractivity contribution in [1.82, 2.24) is 9.97 Å². The van der Waals surface area contributed by atoms with E-state index in [0.717, 1.165) is 54.9 Å². The SMILES string of the molecule is CC.CCCCC(C)SC(C)(C)c1cc(N2CCOCC2)nc(-c2ccc(N)cc2)n1. The molecule has 1 fully saturated rings. The molecule has 5 nitrogen and oxygen atoms in total. The lowest BCUT2D eigenvalue weighted by molar-refractivity contribution is 0.122. The van der Waals surface area contributed by atoms with E-state index in [2.05, 4.69) is 38.7 Å². The van der Waals surface area contributed by atoms with Crippen molar-refractivity contribution in [3.63, 3.8) is 0 Å². The fourth-order valence-corrected chi connectivity index (χ4v) is 5.09. The number of hydrogen-bond acceptors (Lipinski definition) is 6. The summed E-state index contributed by atoms with van der Waals surface area (Å²) in [6.45, 7) is 16.3. The Morgan fingerprint density at radius 1 is 1.13 bits per heavy atom. The summed E-state index contributed by atoms with van der Waals surface area (Å²) in [6.07, 6.45) is 3.74. The molecule has 1 atom stereocenters. The van der Waals surface area contributed by atoms with Gasteiger partial charge < -0.3 is 15.4 Å². The van der Waals surface area contributed by atoms with Crippen LogP contribution in [0.3, 0.4) is 0 Å². The van der Waals surface area contributed by atoms with Gasteiger partial charge in [-0.25, -0.2) is 9.97 Å². The molecule has 0 bridgehead atoms. The molecule has 1 aliphatic rings. The van der Waals surface area contributed by atoms with Crippen molar-refractivity contribution >= 4 is 23.3 Å². The highest BCUT2D eigenvalue weighted by Crippen LogP contribution is 2.40. The van der Waals surface area contributed by atoms with Crippen molar-refractivity contribution in [2.45, 2.75) is 70.8 Å². The first kappa shape index (κ1) is 25.5. The fraction of sp³-hybridized carbons (Fsp3) is 0.600. The standard InChI is InChI=1S/C23H34N4OS.C2H6/c1-5-6-7-17(2)29-23(3,4)20-16-21(27-12-14-28-15-13-27)26-22(25-20)18-8-10-19(24)11-9-18;1-2/h8-11,16-17H,5-7,12-15,24H2,1-4H3;1-2H3. The van der Waals surface area contributed by atoms with Gasteiger partial charge in [0.1, 0.15) is 5.82 Å². The number of thioether (sulfide) groups is 1. The van der Waals surface area contributed by atoms with Gasteiger partial charge in [-0.15, -0.1) is 11.8 Å². The molecule has 0 saturated carbocycles. The number of benzene rings is 1. The Kier molecular flexibility index (Phi) is 10.1. The van der Waals surface area contributed by atoms with E-state index in [1.165, 1.54) is 19.3 Å². The van der Waals surface area contributed by atoms with E-state index in [1.54, 1.807) is 0 Å². The Hall–Kier alpha value is -1.79. The second-order valence-electron chi connectivity index (χ2n) is 8.24. The maximum absolute atomic E-state index is 5.88.